The predicted octanol–water partition coefficient (Wildman–Crippen LogP) is 1.81. The normalized spacial score (nSPS) is 16.5. The minimum atomic E-state index is -0.527. The van der Waals surface area contributed by atoms with Crippen LogP contribution in [0.5, 0.6) is 0 Å². The summed E-state index contributed by atoms with van der Waals surface area (Å²) in [4.78, 5) is 26.9. The topological polar surface area (TPSA) is 106 Å². The fourth-order valence-electron chi connectivity index (χ4n) is 3.24. The van der Waals surface area contributed by atoms with Crippen LogP contribution in [0, 0.1) is 6.92 Å². The zero-order valence-electron chi connectivity index (χ0n) is 14.7. The number of carbonyl (C=O) groups excluding carboxylic acids is 2. The van der Waals surface area contributed by atoms with Crippen molar-refractivity contribution in [1.29, 1.82) is 0 Å². The van der Waals surface area contributed by atoms with Gasteiger partial charge in [0.25, 0.3) is 5.91 Å². The van der Waals surface area contributed by atoms with Crippen LogP contribution in [0.3, 0.4) is 0 Å². The molecule has 1 fully saturated rings. The highest BCUT2D eigenvalue weighted by Crippen LogP contribution is 2.22. The number of aromatic nitrogens is 4. The molecule has 2 aromatic heterocycles. The number of hydrogen-bond donors (Lipinski definition) is 1. The third-order valence-corrected chi connectivity index (χ3v) is 4.53. The van der Waals surface area contributed by atoms with Crippen molar-refractivity contribution >= 4 is 17.5 Å². The number of likely N-dealkylation sites (tertiary alicyclic amines) is 1. The van der Waals surface area contributed by atoms with E-state index in [9.17, 15) is 9.59 Å². The number of hydrogen-bond acceptors (Lipinski definition) is 6. The van der Waals surface area contributed by atoms with Crippen LogP contribution in [-0.2, 0) is 4.79 Å². The molecule has 9 nitrogen and oxygen atoms in total. The Hall–Kier alpha value is -3.49. The van der Waals surface area contributed by atoms with Gasteiger partial charge in [-0.1, -0.05) is 6.07 Å². The maximum Gasteiger partial charge on any atom is 0.290 e. The lowest BCUT2D eigenvalue weighted by atomic mass is 10.2. The van der Waals surface area contributed by atoms with Crippen molar-refractivity contribution in [3.05, 3.63) is 54.2 Å². The first-order valence-corrected chi connectivity index (χ1v) is 8.64. The van der Waals surface area contributed by atoms with Gasteiger partial charge in [-0.25, -0.2) is 0 Å². The van der Waals surface area contributed by atoms with Crippen molar-refractivity contribution in [1.82, 2.24) is 25.1 Å². The van der Waals surface area contributed by atoms with Crippen LogP contribution in [0.2, 0.25) is 0 Å². The number of amides is 2. The van der Waals surface area contributed by atoms with Gasteiger partial charge in [0.1, 0.15) is 6.04 Å². The Kier molecular flexibility index (Phi) is 4.41. The summed E-state index contributed by atoms with van der Waals surface area (Å²) in [5.41, 5.74) is 1.36. The zero-order chi connectivity index (χ0) is 18.8. The molecular formula is C18H18N6O3. The van der Waals surface area contributed by atoms with E-state index in [1.165, 1.54) is 6.26 Å². The van der Waals surface area contributed by atoms with Gasteiger partial charge in [-0.2, -0.15) is 4.68 Å². The Morgan fingerprint density at radius 2 is 2.15 bits per heavy atom. The average molecular weight is 366 g/mol. The van der Waals surface area contributed by atoms with Crippen molar-refractivity contribution in [3.63, 3.8) is 0 Å². The number of aryl methyl sites for hydroxylation is 1. The molecule has 3 aromatic rings. The van der Waals surface area contributed by atoms with Crippen LogP contribution < -0.4 is 5.32 Å². The highest BCUT2D eigenvalue weighted by Gasteiger charge is 2.35. The van der Waals surface area contributed by atoms with E-state index in [1.54, 1.807) is 40.8 Å². The molecule has 0 saturated carbocycles. The van der Waals surface area contributed by atoms with E-state index in [1.807, 2.05) is 12.1 Å². The van der Waals surface area contributed by atoms with E-state index in [0.717, 1.165) is 12.1 Å². The van der Waals surface area contributed by atoms with Gasteiger partial charge in [-0.3, -0.25) is 9.59 Å². The van der Waals surface area contributed by atoms with E-state index in [4.69, 9.17) is 4.42 Å². The zero-order valence-corrected chi connectivity index (χ0v) is 14.7. The lowest BCUT2D eigenvalue weighted by molar-refractivity contribution is -0.119. The lowest BCUT2D eigenvalue weighted by Crippen LogP contribution is -2.43. The van der Waals surface area contributed by atoms with Gasteiger partial charge in [0, 0.05) is 12.2 Å². The fraction of sp³-hybridized carbons (Fsp3) is 0.278. The van der Waals surface area contributed by atoms with Crippen LogP contribution >= 0.6 is 0 Å². The Morgan fingerprint density at radius 3 is 2.89 bits per heavy atom. The molecule has 27 heavy (non-hydrogen) atoms. The number of rotatable bonds is 4. The maximum atomic E-state index is 12.8. The highest BCUT2D eigenvalue weighted by molar-refractivity contribution is 6.00. The molecule has 4 rings (SSSR count). The van der Waals surface area contributed by atoms with Gasteiger partial charge in [0.05, 0.1) is 12.0 Å². The molecule has 0 radical (unpaired) electrons. The second kappa shape index (κ2) is 7.02. The first kappa shape index (κ1) is 17.0. The number of tetrazole rings is 1. The number of nitrogens with one attached hydrogen (secondary N) is 1. The van der Waals surface area contributed by atoms with Crippen molar-refractivity contribution in [3.8, 4) is 5.69 Å². The molecule has 1 saturated heterocycles. The number of carbonyl (C=O) groups is 2. The molecule has 1 N–H and O–H groups in total. The molecule has 0 bridgehead atoms. The molecule has 2 amide bonds. The Balaban J connectivity index is 1.50. The predicted molar refractivity (Wildman–Crippen MR) is 95.3 cm³/mol. The molecule has 1 aromatic carbocycles. The Labute approximate surface area is 155 Å². The quantitative estimate of drug-likeness (QED) is 0.755. The van der Waals surface area contributed by atoms with Crippen LogP contribution in [0.4, 0.5) is 5.69 Å². The van der Waals surface area contributed by atoms with Crippen molar-refractivity contribution < 1.29 is 14.0 Å². The molecule has 3 heterocycles. The molecule has 1 atom stereocenters. The average Bonchev–Trinajstić information content (AvgIpc) is 3.42. The monoisotopic (exact) mass is 366 g/mol. The minimum absolute atomic E-state index is 0.224. The molecule has 1 aliphatic heterocycles. The van der Waals surface area contributed by atoms with Crippen molar-refractivity contribution in [2.45, 2.75) is 25.8 Å². The number of furan rings is 1. The Bertz CT molecular complexity index is 965. The number of benzene rings is 1. The lowest BCUT2D eigenvalue weighted by Gasteiger charge is -2.23. The van der Waals surface area contributed by atoms with E-state index < -0.39 is 6.04 Å². The summed E-state index contributed by atoms with van der Waals surface area (Å²) in [5.74, 6) is 0.393. The van der Waals surface area contributed by atoms with E-state index in [0.29, 0.717) is 24.5 Å². The third-order valence-electron chi connectivity index (χ3n) is 4.53. The highest BCUT2D eigenvalue weighted by atomic mass is 16.3. The van der Waals surface area contributed by atoms with Crippen molar-refractivity contribution in [2.75, 3.05) is 11.9 Å². The fourth-order valence-corrected chi connectivity index (χ4v) is 3.24. The van der Waals surface area contributed by atoms with Gasteiger partial charge in [0.15, 0.2) is 11.6 Å². The van der Waals surface area contributed by atoms with Gasteiger partial charge in [0.2, 0.25) is 5.91 Å². The summed E-state index contributed by atoms with van der Waals surface area (Å²) in [6.07, 6.45) is 2.84. The van der Waals surface area contributed by atoms with Gasteiger partial charge in [-0.05, 0) is 60.5 Å². The SMILES string of the molecule is Cc1nnnn1-c1cccc(NC(=O)C2CCCN2C(=O)c2ccco2)c1. The second-order valence-electron chi connectivity index (χ2n) is 6.31. The molecule has 9 heteroatoms. The van der Waals surface area contributed by atoms with Crippen molar-refractivity contribution in [2.24, 2.45) is 0 Å². The van der Waals surface area contributed by atoms with Gasteiger partial charge >= 0.3 is 0 Å². The molecule has 0 aliphatic carbocycles. The van der Waals surface area contributed by atoms with Crippen LogP contribution in [-0.4, -0.2) is 49.5 Å². The van der Waals surface area contributed by atoms with E-state index in [-0.39, 0.29) is 17.6 Å². The summed E-state index contributed by atoms with van der Waals surface area (Å²) in [5, 5.41) is 14.3. The van der Waals surface area contributed by atoms with E-state index >= 15 is 0 Å². The summed E-state index contributed by atoms with van der Waals surface area (Å²) < 4.78 is 6.76. The summed E-state index contributed by atoms with van der Waals surface area (Å²) >= 11 is 0. The summed E-state index contributed by atoms with van der Waals surface area (Å²) in [6, 6.07) is 9.97. The summed E-state index contributed by atoms with van der Waals surface area (Å²) in [6.45, 7) is 2.32. The first-order valence-electron chi connectivity index (χ1n) is 8.64. The molecular weight excluding hydrogens is 348 g/mol. The number of nitrogens with zero attached hydrogens (tertiary/aromatic N) is 5. The minimum Gasteiger partial charge on any atom is -0.459 e. The van der Waals surface area contributed by atoms with Gasteiger partial charge in [-0.15, -0.1) is 5.10 Å². The molecule has 0 spiro atoms. The summed E-state index contributed by atoms with van der Waals surface area (Å²) in [7, 11) is 0. The van der Waals surface area contributed by atoms with Crippen LogP contribution in [0.1, 0.15) is 29.2 Å². The van der Waals surface area contributed by atoms with Gasteiger partial charge < -0.3 is 14.6 Å². The van der Waals surface area contributed by atoms with E-state index in [2.05, 4.69) is 20.8 Å². The standard InChI is InChI=1S/C18H18N6O3/c1-12-20-21-22-24(12)14-6-2-5-13(11-14)19-17(25)15-7-3-9-23(15)18(26)16-8-4-10-27-16/h2,4-6,8,10-11,15H,3,7,9H2,1H3,(H,19,25). The first-order chi connectivity index (χ1) is 13.1. The largest absolute Gasteiger partial charge is 0.459 e. The molecule has 1 unspecified atom stereocenters. The number of anilines is 1. The maximum absolute atomic E-state index is 12.8. The smallest absolute Gasteiger partial charge is 0.290 e. The van der Waals surface area contributed by atoms with Crippen LogP contribution in [0.25, 0.3) is 5.69 Å². The molecule has 138 valence electrons. The Morgan fingerprint density at radius 1 is 1.26 bits per heavy atom. The second-order valence-corrected chi connectivity index (χ2v) is 6.31. The molecule has 1 aliphatic rings. The third kappa shape index (κ3) is 3.31. The van der Waals surface area contributed by atoms with Crippen LogP contribution in [0.15, 0.2) is 47.1 Å².